The summed E-state index contributed by atoms with van der Waals surface area (Å²) in [7, 11) is 6.82. The van der Waals surface area contributed by atoms with Crippen molar-refractivity contribution >= 4 is 30.2 Å². The van der Waals surface area contributed by atoms with Gasteiger partial charge in [-0.25, -0.2) is 0 Å². The van der Waals surface area contributed by atoms with E-state index in [4.69, 9.17) is 4.74 Å². The molecule has 184 valence electrons. The minimum Gasteiger partial charge on any atom is -0.481 e. The molecule has 0 spiro atoms. The van der Waals surface area contributed by atoms with Gasteiger partial charge in [-0.1, -0.05) is 48.0 Å². The number of carboxylic acid groups (broad SMARTS) is 1. The Kier molecular flexibility index (Phi) is 15.0. The third kappa shape index (κ3) is 9.33. The van der Waals surface area contributed by atoms with Crippen LogP contribution in [0.4, 0.5) is 0 Å². The molecular weight excluding hydrogens is 422 g/mol. The molecule has 0 radical (unpaired) electrons. The highest BCUT2D eigenvalue weighted by Gasteiger charge is 2.38. The minimum absolute atomic E-state index is 0. The lowest BCUT2D eigenvalue weighted by atomic mass is 9.90. The summed E-state index contributed by atoms with van der Waals surface area (Å²) in [6, 6.07) is -1.48. The van der Waals surface area contributed by atoms with E-state index in [1.165, 1.54) is 7.11 Å². The van der Waals surface area contributed by atoms with Gasteiger partial charge in [0.1, 0.15) is 6.04 Å². The molecule has 0 aliphatic carbocycles. The van der Waals surface area contributed by atoms with Gasteiger partial charge in [0.2, 0.25) is 11.8 Å². The molecule has 0 aromatic rings. The monoisotopic (exact) mass is 465 g/mol. The number of ether oxygens (including phenoxy) is 1. The predicted octanol–water partition coefficient (Wildman–Crippen LogP) is 2.50. The Hall–Kier alpha value is -1.38. The van der Waals surface area contributed by atoms with E-state index in [2.05, 4.69) is 5.32 Å². The molecule has 0 aromatic heterocycles. The molecule has 2 amide bonds. The predicted molar refractivity (Wildman–Crippen MR) is 125 cm³/mol. The van der Waals surface area contributed by atoms with Gasteiger partial charge < -0.3 is 20.1 Å². The van der Waals surface area contributed by atoms with Crippen molar-refractivity contribution in [1.82, 2.24) is 15.1 Å². The summed E-state index contributed by atoms with van der Waals surface area (Å²) in [6.07, 6.45) is -0.0749. The lowest BCUT2D eigenvalue weighted by Crippen LogP contribution is -2.59. The van der Waals surface area contributed by atoms with Crippen LogP contribution in [-0.2, 0) is 19.1 Å². The largest absolute Gasteiger partial charge is 0.481 e. The number of hydrogen-bond donors (Lipinski definition) is 2. The summed E-state index contributed by atoms with van der Waals surface area (Å²) < 4.78 is 5.47. The van der Waals surface area contributed by atoms with E-state index < -0.39 is 24.2 Å². The number of halogens is 1. The van der Waals surface area contributed by atoms with Gasteiger partial charge in [0.05, 0.1) is 24.6 Å². The molecule has 9 heteroatoms. The van der Waals surface area contributed by atoms with Crippen LogP contribution in [-0.4, -0.2) is 85.2 Å². The normalized spacial score (nSPS) is 16.3. The van der Waals surface area contributed by atoms with E-state index in [0.717, 1.165) is 6.42 Å². The number of rotatable bonds is 13. The maximum Gasteiger partial charge on any atom is 0.306 e. The number of methoxy groups -OCH3 is 1. The molecule has 0 aromatic carbocycles. The minimum atomic E-state index is -0.976. The molecule has 0 rings (SSSR count). The highest BCUT2D eigenvalue weighted by Crippen LogP contribution is 2.23. The van der Waals surface area contributed by atoms with Crippen LogP contribution >= 0.6 is 12.4 Å². The molecule has 0 bridgehead atoms. The summed E-state index contributed by atoms with van der Waals surface area (Å²) in [5.74, 6) is -1.42. The number of carbonyl (C=O) groups is 3. The van der Waals surface area contributed by atoms with Crippen molar-refractivity contribution in [3.8, 4) is 0 Å². The quantitative estimate of drug-likeness (QED) is 0.433. The summed E-state index contributed by atoms with van der Waals surface area (Å²) in [5, 5.41) is 12.2. The maximum absolute atomic E-state index is 13.4. The second kappa shape index (κ2) is 14.6. The van der Waals surface area contributed by atoms with E-state index >= 15 is 0 Å². The van der Waals surface area contributed by atoms with E-state index in [-0.39, 0.29) is 54.4 Å². The Morgan fingerprint density at radius 3 is 1.84 bits per heavy atom. The molecule has 0 saturated heterocycles. The van der Waals surface area contributed by atoms with Crippen molar-refractivity contribution in [3.05, 3.63) is 0 Å². The van der Waals surface area contributed by atoms with Gasteiger partial charge in [0, 0.05) is 14.2 Å². The van der Waals surface area contributed by atoms with E-state index in [1.807, 2.05) is 60.5 Å². The molecule has 0 unspecified atom stereocenters. The first kappa shape index (κ1) is 31.8. The van der Waals surface area contributed by atoms with Gasteiger partial charge in [-0.3, -0.25) is 19.3 Å². The lowest BCUT2D eigenvalue weighted by molar-refractivity contribution is -0.148. The number of likely N-dealkylation sites (N-methyl/N-ethyl adjacent to an activating group) is 2. The second-order valence-electron chi connectivity index (χ2n) is 9.08. The van der Waals surface area contributed by atoms with E-state index in [9.17, 15) is 19.5 Å². The van der Waals surface area contributed by atoms with Gasteiger partial charge in [-0.2, -0.15) is 0 Å². The van der Waals surface area contributed by atoms with Crippen LogP contribution in [0.5, 0.6) is 0 Å². The Labute approximate surface area is 194 Å². The number of nitrogens with zero attached hydrogens (tertiary/aromatic N) is 2. The molecule has 2 N–H and O–H groups in total. The molecule has 0 heterocycles. The first-order valence-corrected chi connectivity index (χ1v) is 10.8. The molecule has 31 heavy (non-hydrogen) atoms. The highest BCUT2D eigenvalue weighted by atomic mass is 35.5. The van der Waals surface area contributed by atoms with Crippen molar-refractivity contribution in [1.29, 1.82) is 0 Å². The Bertz CT molecular complexity index is 563. The van der Waals surface area contributed by atoms with Crippen LogP contribution in [0, 0.1) is 17.8 Å². The fourth-order valence-corrected chi connectivity index (χ4v) is 4.01. The number of carbonyl (C=O) groups excluding carboxylic acids is 2. The third-order valence-corrected chi connectivity index (χ3v) is 5.77. The molecule has 0 saturated carbocycles. The molecule has 5 atom stereocenters. The summed E-state index contributed by atoms with van der Waals surface area (Å²) in [4.78, 5) is 41.1. The number of hydrogen-bond acceptors (Lipinski definition) is 5. The number of aliphatic carboxylic acids is 1. The topological polar surface area (TPSA) is 99.2 Å². The zero-order valence-electron chi connectivity index (χ0n) is 20.8. The van der Waals surface area contributed by atoms with Gasteiger partial charge in [0.15, 0.2) is 0 Å². The van der Waals surface area contributed by atoms with E-state index in [1.54, 1.807) is 11.9 Å². The highest BCUT2D eigenvalue weighted by molar-refractivity contribution is 5.90. The Morgan fingerprint density at radius 1 is 1.00 bits per heavy atom. The molecule has 0 fully saturated rings. The van der Waals surface area contributed by atoms with Crippen molar-refractivity contribution in [2.24, 2.45) is 17.8 Å². The molecule has 0 aliphatic rings. The number of amides is 2. The Morgan fingerprint density at radius 2 is 1.52 bits per heavy atom. The third-order valence-electron chi connectivity index (χ3n) is 5.77. The summed E-state index contributed by atoms with van der Waals surface area (Å²) in [5.41, 5.74) is 0. The van der Waals surface area contributed by atoms with Crippen molar-refractivity contribution in [3.63, 3.8) is 0 Å². The average Bonchev–Trinajstić information content (AvgIpc) is 2.63. The smallest absolute Gasteiger partial charge is 0.306 e. The van der Waals surface area contributed by atoms with Crippen LogP contribution in [0.2, 0.25) is 0 Å². The van der Waals surface area contributed by atoms with Gasteiger partial charge >= 0.3 is 5.97 Å². The lowest BCUT2D eigenvalue weighted by Gasteiger charge is -2.40. The summed E-state index contributed by atoms with van der Waals surface area (Å²) in [6.45, 7) is 11.7. The van der Waals surface area contributed by atoms with Crippen molar-refractivity contribution in [2.45, 2.75) is 78.6 Å². The van der Waals surface area contributed by atoms with Crippen molar-refractivity contribution in [2.75, 3.05) is 28.3 Å². The second-order valence-corrected chi connectivity index (χ2v) is 9.08. The zero-order chi connectivity index (χ0) is 23.8. The van der Waals surface area contributed by atoms with Crippen LogP contribution in [0.3, 0.4) is 0 Å². The van der Waals surface area contributed by atoms with Crippen molar-refractivity contribution < 1.29 is 24.2 Å². The first-order chi connectivity index (χ1) is 13.8. The van der Waals surface area contributed by atoms with Gasteiger partial charge in [0.25, 0.3) is 0 Å². The van der Waals surface area contributed by atoms with Gasteiger partial charge in [-0.05, 0) is 31.8 Å². The van der Waals surface area contributed by atoms with Gasteiger partial charge in [-0.15, -0.1) is 12.4 Å². The maximum atomic E-state index is 13.4. The Balaban J connectivity index is 0. The van der Waals surface area contributed by atoms with Crippen LogP contribution in [0.1, 0.15) is 54.4 Å². The average molecular weight is 466 g/mol. The van der Waals surface area contributed by atoms with Crippen LogP contribution in [0.15, 0.2) is 0 Å². The van der Waals surface area contributed by atoms with Crippen LogP contribution in [0.25, 0.3) is 0 Å². The van der Waals surface area contributed by atoms with Crippen LogP contribution < -0.4 is 5.32 Å². The SMILES string of the molecule is CC[C@H](C)[C@@H]([C@@H](CC(=O)O)OC)N(C)C(=O)[C@@H](NC(=O)[C@H](C(C)C)N(C)C)C(C)C.Cl. The van der Waals surface area contributed by atoms with E-state index in [0.29, 0.717) is 0 Å². The molecule has 0 aliphatic heterocycles. The molecular formula is C22H44ClN3O5. The number of nitrogens with one attached hydrogen (secondary N) is 1. The fraction of sp³-hybridized carbons (Fsp3) is 0.864. The summed E-state index contributed by atoms with van der Waals surface area (Å²) >= 11 is 0. The standard InChI is InChI=1S/C22H43N3O5.ClH/c1-11-15(6)20(16(30-10)12-17(26)27)25(9)22(29)18(13(2)3)23-21(28)19(14(4)5)24(7)8;/h13-16,18-20H,11-12H2,1-10H3,(H,23,28)(H,26,27);1H/t15-,16+,18-,19-,20-;/m0./s1. The molecule has 8 nitrogen and oxygen atoms in total. The number of carboxylic acids is 1. The zero-order valence-corrected chi connectivity index (χ0v) is 21.7. The first-order valence-electron chi connectivity index (χ1n) is 10.8. The fourth-order valence-electron chi connectivity index (χ4n) is 4.01.